The predicted molar refractivity (Wildman–Crippen MR) is 130 cm³/mol. The molecule has 2 amide bonds. The second-order valence-corrected chi connectivity index (χ2v) is 8.47. The Morgan fingerprint density at radius 3 is 2.69 bits per heavy atom. The maximum absolute atomic E-state index is 14.4. The van der Waals surface area contributed by atoms with E-state index in [1.165, 1.54) is 24.4 Å². The number of piperidine rings is 1. The molecule has 5 rings (SSSR count). The lowest BCUT2D eigenvalue weighted by Gasteiger charge is -2.30. The Morgan fingerprint density at radius 1 is 1.08 bits per heavy atom. The molecule has 0 atom stereocenters. The van der Waals surface area contributed by atoms with Crippen molar-refractivity contribution in [3.05, 3.63) is 78.4 Å². The molecule has 3 heterocycles. The lowest BCUT2D eigenvalue weighted by molar-refractivity contribution is -0.130. The maximum atomic E-state index is 14.4. The summed E-state index contributed by atoms with van der Waals surface area (Å²) in [6.07, 6.45) is 7.21. The van der Waals surface area contributed by atoms with Gasteiger partial charge in [0.15, 0.2) is 23.1 Å². The molecule has 0 radical (unpaired) electrons. The third-order valence-corrected chi connectivity index (χ3v) is 6.05. The van der Waals surface area contributed by atoms with Crippen LogP contribution in [0.15, 0.2) is 67.0 Å². The standard InChI is InChI=1S/C27H24FN3O5/c28-22-14-18(3-6-23(22)36-21-2-1-11-29-16-21)4-8-26(32)31-12-9-19(10-13-31)27(33)30-20-5-7-24-25(15-20)35-17-34-24/h1-8,11,14-16,19H,9-10,12-13,17H2,(H,30,33)/b8-4+. The van der Waals surface area contributed by atoms with Crippen molar-refractivity contribution < 1.29 is 28.2 Å². The highest BCUT2D eigenvalue weighted by atomic mass is 19.1. The van der Waals surface area contributed by atoms with Gasteiger partial charge in [-0.1, -0.05) is 6.07 Å². The topological polar surface area (TPSA) is 90.0 Å². The zero-order valence-electron chi connectivity index (χ0n) is 19.4. The first-order valence-electron chi connectivity index (χ1n) is 11.6. The Labute approximate surface area is 207 Å². The fourth-order valence-corrected chi connectivity index (χ4v) is 4.09. The highest BCUT2D eigenvalue weighted by molar-refractivity contribution is 5.94. The number of hydrogen-bond acceptors (Lipinski definition) is 6. The molecular formula is C27H24FN3O5. The molecule has 2 aliphatic rings. The molecule has 0 spiro atoms. The molecule has 1 aromatic heterocycles. The average Bonchev–Trinajstić information content (AvgIpc) is 3.37. The molecule has 0 aliphatic carbocycles. The fraction of sp³-hybridized carbons (Fsp3) is 0.222. The molecule has 0 bridgehead atoms. The quantitative estimate of drug-likeness (QED) is 0.508. The third-order valence-electron chi connectivity index (χ3n) is 6.05. The zero-order valence-corrected chi connectivity index (χ0v) is 19.4. The van der Waals surface area contributed by atoms with Gasteiger partial charge >= 0.3 is 0 Å². The lowest BCUT2D eigenvalue weighted by atomic mass is 9.95. The van der Waals surface area contributed by atoms with Gasteiger partial charge < -0.3 is 24.4 Å². The number of pyridine rings is 1. The van der Waals surface area contributed by atoms with Gasteiger partial charge in [0.25, 0.3) is 0 Å². The number of anilines is 1. The summed E-state index contributed by atoms with van der Waals surface area (Å²) >= 11 is 0. The first kappa shape index (κ1) is 23.3. The third kappa shape index (κ3) is 5.46. The van der Waals surface area contributed by atoms with Crippen molar-refractivity contribution in [1.82, 2.24) is 9.88 Å². The van der Waals surface area contributed by atoms with Crippen molar-refractivity contribution in [2.24, 2.45) is 5.92 Å². The molecule has 2 aliphatic heterocycles. The average molecular weight is 490 g/mol. The first-order chi connectivity index (χ1) is 17.5. The number of benzene rings is 2. The molecule has 8 nitrogen and oxygen atoms in total. The summed E-state index contributed by atoms with van der Waals surface area (Å²) in [5.41, 5.74) is 1.19. The molecule has 1 N–H and O–H groups in total. The Morgan fingerprint density at radius 2 is 1.92 bits per heavy atom. The number of carbonyl (C=O) groups excluding carboxylic acids is 2. The number of fused-ring (bicyclic) bond motifs is 1. The molecule has 36 heavy (non-hydrogen) atoms. The number of amides is 2. The second-order valence-electron chi connectivity index (χ2n) is 8.47. The Hall–Kier alpha value is -4.40. The van der Waals surface area contributed by atoms with Gasteiger partial charge in [-0.2, -0.15) is 0 Å². The maximum Gasteiger partial charge on any atom is 0.246 e. The minimum Gasteiger partial charge on any atom is -0.454 e. The van der Waals surface area contributed by atoms with Crippen molar-refractivity contribution in [2.45, 2.75) is 12.8 Å². The van der Waals surface area contributed by atoms with Gasteiger partial charge in [-0.05, 0) is 60.9 Å². The van der Waals surface area contributed by atoms with Crippen LogP contribution in [0.1, 0.15) is 18.4 Å². The van der Waals surface area contributed by atoms with E-state index >= 15 is 0 Å². The minimum atomic E-state index is -0.539. The van der Waals surface area contributed by atoms with Crippen LogP contribution >= 0.6 is 0 Å². The molecule has 2 aromatic carbocycles. The van der Waals surface area contributed by atoms with E-state index in [0.29, 0.717) is 54.4 Å². The smallest absolute Gasteiger partial charge is 0.246 e. The van der Waals surface area contributed by atoms with E-state index in [0.717, 1.165) is 0 Å². The Balaban J connectivity index is 1.11. The number of ether oxygens (including phenoxy) is 3. The highest BCUT2D eigenvalue weighted by Crippen LogP contribution is 2.34. The molecule has 9 heteroatoms. The number of nitrogens with one attached hydrogen (secondary N) is 1. The summed E-state index contributed by atoms with van der Waals surface area (Å²) in [5.74, 6) is 0.782. The molecule has 0 unspecified atom stereocenters. The van der Waals surface area contributed by atoms with E-state index in [2.05, 4.69) is 10.3 Å². The van der Waals surface area contributed by atoms with E-state index < -0.39 is 5.82 Å². The van der Waals surface area contributed by atoms with Crippen molar-refractivity contribution in [2.75, 3.05) is 25.2 Å². The highest BCUT2D eigenvalue weighted by Gasteiger charge is 2.27. The molecule has 184 valence electrons. The number of nitrogens with zero attached hydrogens (tertiary/aromatic N) is 2. The van der Waals surface area contributed by atoms with Crippen LogP contribution in [0.3, 0.4) is 0 Å². The van der Waals surface area contributed by atoms with Gasteiger partial charge in [0.1, 0.15) is 5.75 Å². The number of hydrogen-bond donors (Lipinski definition) is 1. The van der Waals surface area contributed by atoms with E-state index in [4.69, 9.17) is 14.2 Å². The largest absolute Gasteiger partial charge is 0.454 e. The van der Waals surface area contributed by atoms with E-state index in [1.54, 1.807) is 53.6 Å². The van der Waals surface area contributed by atoms with Crippen molar-refractivity contribution in [1.29, 1.82) is 0 Å². The monoisotopic (exact) mass is 489 g/mol. The summed E-state index contributed by atoms with van der Waals surface area (Å²) < 4.78 is 30.5. The van der Waals surface area contributed by atoms with E-state index in [1.807, 2.05) is 0 Å². The molecular weight excluding hydrogens is 465 g/mol. The predicted octanol–water partition coefficient (Wildman–Crippen LogP) is 4.63. The van der Waals surface area contributed by atoms with E-state index in [-0.39, 0.29) is 30.3 Å². The number of halogens is 1. The number of carbonyl (C=O) groups is 2. The summed E-state index contributed by atoms with van der Waals surface area (Å²) in [4.78, 5) is 30.9. The van der Waals surface area contributed by atoms with Crippen molar-refractivity contribution in [3.63, 3.8) is 0 Å². The van der Waals surface area contributed by atoms with Gasteiger partial charge in [0, 0.05) is 43.0 Å². The van der Waals surface area contributed by atoms with Gasteiger partial charge in [0.05, 0.1) is 6.20 Å². The van der Waals surface area contributed by atoms with Gasteiger partial charge in [-0.3, -0.25) is 14.6 Å². The van der Waals surface area contributed by atoms with Gasteiger partial charge in [-0.15, -0.1) is 0 Å². The molecule has 1 fully saturated rings. The van der Waals surface area contributed by atoms with Crippen LogP contribution in [0.5, 0.6) is 23.0 Å². The second kappa shape index (κ2) is 10.5. The van der Waals surface area contributed by atoms with E-state index in [9.17, 15) is 14.0 Å². The van der Waals surface area contributed by atoms with Crippen molar-refractivity contribution >= 4 is 23.6 Å². The molecule has 0 saturated carbocycles. The van der Waals surface area contributed by atoms with Crippen molar-refractivity contribution in [3.8, 4) is 23.0 Å². The van der Waals surface area contributed by atoms with Gasteiger partial charge in [0.2, 0.25) is 18.6 Å². The van der Waals surface area contributed by atoms with Crippen LogP contribution in [0, 0.1) is 11.7 Å². The summed E-state index contributed by atoms with van der Waals surface area (Å²) in [7, 11) is 0. The Kier molecular flexibility index (Phi) is 6.79. The summed E-state index contributed by atoms with van der Waals surface area (Å²) in [6, 6.07) is 13.1. The van der Waals surface area contributed by atoms with Crippen LogP contribution in [-0.2, 0) is 9.59 Å². The van der Waals surface area contributed by atoms with Crippen LogP contribution in [0.2, 0.25) is 0 Å². The van der Waals surface area contributed by atoms with Crippen LogP contribution in [0.4, 0.5) is 10.1 Å². The summed E-state index contributed by atoms with van der Waals surface area (Å²) in [5, 5.41) is 2.92. The van der Waals surface area contributed by atoms with Gasteiger partial charge in [-0.25, -0.2) is 4.39 Å². The minimum absolute atomic E-state index is 0.0765. The summed E-state index contributed by atoms with van der Waals surface area (Å²) in [6.45, 7) is 1.11. The number of likely N-dealkylation sites (tertiary alicyclic amines) is 1. The Bertz CT molecular complexity index is 1290. The van der Waals surface area contributed by atoms with Crippen LogP contribution in [0.25, 0.3) is 6.08 Å². The number of rotatable bonds is 6. The number of aromatic nitrogens is 1. The fourth-order valence-electron chi connectivity index (χ4n) is 4.09. The molecule has 1 saturated heterocycles. The SMILES string of the molecule is O=C(Nc1ccc2c(c1)OCO2)C1CCN(C(=O)/C=C/c2ccc(Oc3cccnc3)c(F)c2)CC1. The van der Waals surface area contributed by atoms with Crippen LogP contribution in [-0.4, -0.2) is 41.6 Å². The molecule has 3 aromatic rings. The first-order valence-corrected chi connectivity index (χ1v) is 11.6. The zero-order chi connectivity index (χ0) is 24.9. The van der Waals surface area contributed by atoms with Crippen LogP contribution < -0.4 is 19.5 Å². The normalized spacial score (nSPS) is 15.2. The lowest BCUT2D eigenvalue weighted by Crippen LogP contribution is -2.40.